The monoisotopic (exact) mass is 362 g/mol. The van der Waals surface area contributed by atoms with Gasteiger partial charge in [-0.1, -0.05) is 15.9 Å². The van der Waals surface area contributed by atoms with Gasteiger partial charge < -0.3 is 5.73 Å². The van der Waals surface area contributed by atoms with E-state index in [4.69, 9.17) is 11.0 Å². The molecule has 1 aromatic rings. The number of rotatable bonds is 1. The third kappa shape index (κ3) is 2.72. The van der Waals surface area contributed by atoms with Gasteiger partial charge in [-0.05, 0) is 47.7 Å². The summed E-state index contributed by atoms with van der Waals surface area (Å²) in [5.74, 6) is 0. The fraction of sp³-hybridized carbons (Fsp3) is 0.100. The molecule has 0 heterocycles. The predicted molar refractivity (Wildman–Crippen MR) is 70.5 cm³/mol. The largest absolute Gasteiger partial charge is 0.397 e. The summed E-state index contributed by atoms with van der Waals surface area (Å²) in [5.41, 5.74) is 8.11. The van der Waals surface area contributed by atoms with Crippen LogP contribution in [-0.2, 0) is 0 Å². The molecule has 0 fully saturated rings. The Labute approximate surface area is 105 Å². The first-order valence-electron chi connectivity index (χ1n) is 3.87. The van der Waals surface area contributed by atoms with E-state index < -0.39 is 0 Å². The van der Waals surface area contributed by atoms with Crippen molar-refractivity contribution in [3.8, 4) is 6.07 Å². The van der Waals surface area contributed by atoms with Crippen LogP contribution in [0.25, 0.3) is 6.08 Å². The molecule has 0 aliphatic rings. The van der Waals surface area contributed by atoms with E-state index in [1.807, 2.05) is 12.1 Å². The Morgan fingerprint density at radius 2 is 2.29 bits per heavy atom. The van der Waals surface area contributed by atoms with E-state index >= 15 is 0 Å². The molecule has 2 nitrogen and oxygen atoms in total. The van der Waals surface area contributed by atoms with Crippen LogP contribution < -0.4 is 5.73 Å². The van der Waals surface area contributed by atoms with Gasteiger partial charge in [0, 0.05) is 19.2 Å². The molecule has 2 N–H and O–H groups in total. The fourth-order valence-electron chi connectivity index (χ4n) is 0.990. The second-order valence-corrected chi connectivity index (χ2v) is 4.91. The van der Waals surface area contributed by atoms with Crippen molar-refractivity contribution in [3.05, 3.63) is 31.3 Å². The highest BCUT2D eigenvalue weighted by Crippen LogP contribution is 2.26. The van der Waals surface area contributed by atoms with Crippen molar-refractivity contribution in [2.24, 2.45) is 0 Å². The quantitative estimate of drug-likeness (QED) is 0.471. The lowest BCUT2D eigenvalue weighted by molar-refractivity contribution is 1.45. The minimum Gasteiger partial charge on any atom is -0.397 e. The summed E-state index contributed by atoms with van der Waals surface area (Å²) in [6, 6.07) is 5.91. The second-order valence-electron chi connectivity index (χ2n) is 2.83. The number of benzene rings is 1. The second kappa shape index (κ2) is 4.80. The maximum absolute atomic E-state index is 8.65. The first-order valence-corrected chi connectivity index (χ1v) is 5.74. The fourth-order valence-corrected chi connectivity index (χ4v) is 2.54. The zero-order chi connectivity index (χ0) is 10.7. The molecule has 0 bridgehead atoms. The van der Waals surface area contributed by atoms with E-state index in [-0.39, 0.29) is 0 Å². The molecule has 0 unspecified atom stereocenters. The molecule has 1 rings (SSSR count). The molecule has 0 radical (unpaired) electrons. The molecular formula is C10H8BrIN2. The van der Waals surface area contributed by atoms with Crippen molar-refractivity contribution < 1.29 is 0 Å². The molecule has 0 atom stereocenters. The van der Waals surface area contributed by atoms with E-state index in [1.165, 1.54) is 0 Å². The van der Waals surface area contributed by atoms with Gasteiger partial charge in [-0.3, -0.25) is 0 Å². The van der Waals surface area contributed by atoms with Gasteiger partial charge in [0.1, 0.15) is 0 Å². The lowest BCUT2D eigenvalue weighted by Crippen LogP contribution is -1.93. The lowest BCUT2D eigenvalue weighted by atomic mass is 10.1. The molecule has 14 heavy (non-hydrogen) atoms. The number of nitrogens with two attached hydrogens (primary N) is 1. The lowest BCUT2D eigenvalue weighted by Gasteiger charge is -2.04. The Hall–Kier alpha value is -0.540. The minimum absolute atomic E-state index is 0.644. The van der Waals surface area contributed by atoms with Gasteiger partial charge in [0.05, 0.1) is 11.8 Å². The van der Waals surface area contributed by atoms with Crippen LogP contribution in [0.4, 0.5) is 5.69 Å². The minimum atomic E-state index is 0.644. The molecule has 1 aromatic carbocycles. The standard InChI is InChI=1S/C10H8BrIN2/c1-6(5-13)2-7-3-8(11)4-9(12)10(7)14/h2-4H,14H2,1H3/b6-2+. The van der Waals surface area contributed by atoms with Gasteiger partial charge in [0.25, 0.3) is 0 Å². The normalized spacial score (nSPS) is 11.1. The van der Waals surface area contributed by atoms with Crippen molar-refractivity contribution in [2.75, 3.05) is 5.73 Å². The average Bonchev–Trinajstić information content (AvgIpc) is 2.13. The Morgan fingerprint density at radius 3 is 2.86 bits per heavy atom. The van der Waals surface area contributed by atoms with Crippen molar-refractivity contribution in [3.63, 3.8) is 0 Å². The summed E-state index contributed by atoms with van der Waals surface area (Å²) in [5, 5.41) is 8.65. The summed E-state index contributed by atoms with van der Waals surface area (Å²) < 4.78 is 1.95. The maximum atomic E-state index is 8.65. The highest BCUT2D eigenvalue weighted by atomic mass is 127. The molecule has 0 aromatic heterocycles. The first-order chi connectivity index (χ1) is 6.54. The molecule has 0 aliphatic carbocycles. The summed E-state index contributed by atoms with van der Waals surface area (Å²) in [6.45, 7) is 1.76. The number of allylic oxidation sites excluding steroid dienone is 1. The third-order valence-corrected chi connectivity index (χ3v) is 3.03. The smallest absolute Gasteiger partial charge is 0.0944 e. The van der Waals surface area contributed by atoms with Crippen molar-refractivity contribution in [1.82, 2.24) is 0 Å². The SMILES string of the molecule is C/C(C#N)=C\c1cc(Br)cc(I)c1N. The number of halogens is 2. The number of hydrogen-bond acceptors (Lipinski definition) is 2. The van der Waals surface area contributed by atoms with Gasteiger partial charge in [0.15, 0.2) is 0 Å². The van der Waals surface area contributed by atoms with Crippen molar-refractivity contribution in [1.29, 1.82) is 5.26 Å². The zero-order valence-electron chi connectivity index (χ0n) is 7.51. The number of nitrogens with zero attached hydrogens (tertiary/aromatic N) is 1. The Balaban J connectivity index is 3.30. The Kier molecular flexibility index (Phi) is 3.96. The number of hydrogen-bond donors (Lipinski definition) is 1. The molecule has 72 valence electrons. The predicted octanol–water partition coefficient (Wildman–Crippen LogP) is 3.56. The molecule has 0 amide bonds. The van der Waals surface area contributed by atoms with Crippen LogP contribution in [0, 0.1) is 14.9 Å². The number of anilines is 1. The molecule has 0 saturated heterocycles. The van der Waals surface area contributed by atoms with Gasteiger partial charge in [-0.2, -0.15) is 5.26 Å². The van der Waals surface area contributed by atoms with Gasteiger partial charge in [-0.15, -0.1) is 0 Å². The molecule has 0 aliphatic heterocycles. The van der Waals surface area contributed by atoms with E-state index in [0.29, 0.717) is 11.3 Å². The van der Waals surface area contributed by atoms with Crippen molar-refractivity contribution >= 4 is 50.3 Å². The number of nitrogen functional groups attached to an aromatic ring is 1. The van der Waals surface area contributed by atoms with Crippen LogP contribution >= 0.6 is 38.5 Å². The zero-order valence-corrected chi connectivity index (χ0v) is 11.3. The van der Waals surface area contributed by atoms with E-state index in [0.717, 1.165) is 13.6 Å². The van der Waals surface area contributed by atoms with Crippen LogP contribution in [0.5, 0.6) is 0 Å². The summed E-state index contributed by atoms with van der Waals surface area (Å²) in [7, 11) is 0. The van der Waals surface area contributed by atoms with E-state index in [9.17, 15) is 0 Å². The van der Waals surface area contributed by atoms with Crippen LogP contribution in [0.3, 0.4) is 0 Å². The summed E-state index contributed by atoms with van der Waals surface area (Å²) >= 11 is 5.55. The molecular weight excluding hydrogens is 355 g/mol. The Bertz CT molecular complexity index is 432. The third-order valence-electron chi connectivity index (χ3n) is 1.67. The Morgan fingerprint density at radius 1 is 1.64 bits per heavy atom. The molecule has 0 saturated carbocycles. The highest BCUT2D eigenvalue weighted by Gasteiger charge is 2.03. The summed E-state index contributed by atoms with van der Waals surface area (Å²) in [6.07, 6.45) is 1.78. The van der Waals surface area contributed by atoms with Crippen LogP contribution in [-0.4, -0.2) is 0 Å². The van der Waals surface area contributed by atoms with Crippen molar-refractivity contribution in [2.45, 2.75) is 6.92 Å². The highest BCUT2D eigenvalue weighted by molar-refractivity contribution is 14.1. The van der Waals surface area contributed by atoms with Crippen LogP contribution in [0.1, 0.15) is 12.5 Å². The van der Waals surface area contributed by atoms with Crippen LogP contribution in [0.2, 0.25) is 0 Å². The topological polar surface area (TPSA) is 49.8 Å². The first kappa shape index (κ1) is 11.5. The summed E-state index contributed by atoms with van der Waals surface area (Å²) in [4.78, 5) is 0. The van der Waals surface area contributed by atoms with Gasteiger partial charge in [0.2, 0.25) is 0 Å². The molecule has 0 spiro atoms. The van der Waals surface area contributed by atoms with E-state index in [2.05, 4.69) is 44.6 Å². The average molecular weight is 363 g/mol. The van der Waals surface area contributed by atoms with E-state index in [1.54, 1.807) is 13.0 Å². The van der Waals surface area contributed by atoms with Gasteiger partial charge in [-0.25, -0.2) is 0 Å². The maximum Gasteiger partial charge on any atom is 0.0944 e. The number of nitriles is 1. The van der Waals surface area contributed by atoms with Crippen LogP contribution in [0.15, 0.2) is 22.2 Å². The van der Waals surface area contributed by atoms with Gasteiger partial charge >= 0.3 is 0 Å². The molecule has 4 heteroatoms.